The monoisotopic (exact) mass is 289 g/mol. The lowest BCUT2D eigenvalue weighted by molar-refractivity contribution is 0.0996. The Hall–Kier alpha value is -1.04. The molecule has 0 bridgehead atoms. The van der Waals surface area contributed by atoms with E-state index in [0.717, 1.165) is 5.69 Å². The molecular formula is C13H24ClN3O2. The number of nitrogens with one attached hydrogen (secondary N) is 2. The summed E-state index contributed by atoms with van der Waals surface area (Å²) in [6.07, 6.45) is 4.22. The van der Waals surface area contributed by atoms with E-state index >= 15 is 0 Å². The number of H-pyrrole nitrogens is 1. The minimum atomic E-state index is -0.491. The van der Waals surface area contributed by atoms with Crippen LogP contribution in [0, 0.1) is 6.92 Å². The number of aliphatic hydroxyl groups excluding tert-OH is 1. The third-order valence-electron chi connectivity index (χ3n) is 2.42. The summed E-state index contributed by atoms with van der Waals surface area (Å²) in [5.74, 6) is -0.491. The molecule has 0 saturated carbocycles. The van der Waals surface area contributed by atoms with Crippen molar-refractivity contribution >= 4 is 17.5 Å². The molecule has 1 aliphatic heterocycles. The maximum Gasteiger partial charge on any atom is 0.265 e. The Kier molecular flexibility index (Phi) is 10.2. The van der Waals surface area contributed by atoms with E-state index in [0.29, 0.717) is 10.7 Å². The van der Waals surface area contributed by atoms with Gasteiger partial charge >= 0.3 is 0 Å². The van der Waals surface area contributed by atoms with Crippen LogP contribution in [0.4, 0.5) is 0 Å². The highest BCUT2D eigenvalue weighted by molar-refractivity contribution is 6.31. The molecule has 2 heterocycles. The minimum Gasteiger partial charge on any atom is -0.397 e. The Labute approximate surface area is 119 Å². The number of aromatic nitrogens is 1. The molecule has 5 N–H and O–H groups in total. The first-order chi connectivity index (χ1) is 9.02. The lowest BCUT2D eigenvalue weighted by Gasteiger charge is -2.08. The molecule has 0 atom stereocenters. The van der Waals surface area contributed by atoms with Crippen molar-refractivity contribution in [1.29, 1.82) is 0 Å². The number of aliphatic hydroxyl groups is 1. The molecule has 0 unspecified atom stereocenters. The van der Waals surface area contributed by atoms with Crippen LogP contribution in [0.5, 0.6) is 0 Å². The van der Waals surface area contributed by atoms with Gasteiger partial charge in [0, 0.05) is 12.3 Å². The van der Waals surface area contributed by atoms with Crippen LogP contribution in [-0.4, -0.2) is 35.7 Å². The Balaban J connectivity index is 0.000000306. The summed E-state index contributed by atoms with van der Waals surface area (Å²) in [6, 6.07) is 1.51. The number of piperidine rings is 1. The molecule has 0 aliphatic carbocycles. The molecule has 0 radical (unpaired) electrons. The van der Waals surface area contributed by atoms with Gasteiger partial charge in [-0.1, -0.05) is 18.0 Å². The van der Waals surface area contributed by atoms with Crippen molar-refractivity contribution in [2.24, 2.45) is 5.73 Å². The summed E-state index contributed by atoms with van der Waals surface area (Å²) < 4.78 is 0. The molecule has 0 spiro atoms. The second-order valence-corrected chi connectivity index (χ2v) is 4.55. The lowest BCUT2D eigenvalue weighted by atomic mass is 10.2. The van der Waals surface area contributed by atoms with Crippen LogP contribution in [-0.2, 0) is 0 Å². The van der Waals surface area contributed by atoms with Gasteiger partial charge in [0.25, 0.3) is 5.91 Å². The number of carbonyl (C=O) groups is 1. The van der Waals surface area contributed by atoms with Crippen LogP contribution in [0.1, 0.15) is 42.4 Å². The first-order valence-corrected chi connectivity index (χ1v) is 6.87. The number of aromatic amines is 1. The first kappa shape index (κ1) is 18.0. The highest BCUT2D eigenvalue weighted by Crippen LogP contribution is 2.14. The van der Waals surface area contributed by atoms with Crippen LogP contribution in [0.25, 0.3) is 0 Å². The predicted molar refractivity (Wildman–Crippen MR) is 78.5 cm³/mol. The second-order valence-electron chi connectivity index (χ2n) is 4.15. The van der Waals surface area contributed by atoms with Crippen molar-refractivity contribution in [3.63, 3.8) is 0 Å². The van der Waals surface area contributed by atoms with E-state index in [1.54, 1.807) is 13.8 Å². The fourth-order valence-corrected chi connectivity index (χ4v) is 1.62. The topological polar surface area (TPSA) is 91.1 Å². The molecule has 1 amide bonds. The van der Waals surface area contributed by atoms with E-state index in [9.17, 15) is 4.79 Å². The van der Waals surface area contributed by atoms with Crippen LogP contribution in [0.3, 0.4) is 0 Å². The SMILES string of the molecule is C1CCNCC1.CCO.Cc1[nH]c(C(N)=O)cc1Cl. The van der Waals surface area contributed by atoms with Gasteiger partial charge in [0.15, 0.2) is 0 Å². The first-order valence-electron chi connectivity index (χ1n) is 6.49. The van der Waals surface area contributed by atoms with Crippen LogP contribution in [0.2, 0.25) is 5.02 Å². The third-order valence-corrected chi connectivity index (χ3v) is 2.82. The lowest BCUT2D eigenvalue weighted by Crippen LogP contribution is -2.21. The average molecular weight is 290 g/mol. The average Bonchev–Trinajstić information content (AvgIpc) is 2.74. The molecule has 1 aromatic heterocycles. The Morgan fingerprint density at radius 1 is 1.42 bits per heavy atom. The quantitative estimate of drug-likeness (QED) is 0.636. The van der Waals surface area contributed by atoms with E-state index in [4.69, 9.17) is 22.4 Å². The molecule has 5 nitrogen and oxygen atoms in total. The summed E-state index contributed by atoms with van der Waals surface area (Å²) >= 11 is 5.63. The molecule has 19 heavy (non-hydrogen) atoms. The van der Waals surface area contributed by atoms with Crippen molar-refractivity contribution in [3.05, 3.63) is 22.5 Å². The number of rotatable bonds is 1. The normalized spacial score (nSPS) is 13.7. The third kappa shape index (κ3) is 8.64. The molecule has 0 aromatic carbocycles. The predicted octanol–water partition coefficient (Wildman–Crippen LogP) is 1.83. The minimum absolute atomic E-state index is 0.250. The van der Waals surface area contributed by atoms with Crippen molar-refractivity contribution in [2.45, 2.75) is 33.1 Å². The summed E-state index contributed by atoms with van der Waals surface area (Å²) in [6.45, 7) is 6.20. The maximum atomic E-state index is 10.5. The highest BCUT2D eigenvalue weighted by atomic mass is 35.5. The van der Waals surface area contributed by atoms with Gasteiger partial charge in [0.2, 0.25) is 0 Å². The Morgan fingerprint density at radius 3 is 2.11 bits per heavy atom. The van der Waals surface area contributed by atoms with Crippen LogP contribution in [0.15, 0.2) is 6.07 Å². The fourth-order valence-electron chi connectivity index (χ4n) is 1.47. The number of amides is 1. The van der Waals surface area contributed by atoms with Gasteiger partial charge in [-0.15, -0.1) is 0 Å². The zero-order valence-corrected chi connectivity index (χ0v) is 12.4. The van der Waals surface area contributed by atoms with Gasteiger partial charge in [-0.3, -0.25) is 4.79 Å². The van der Waals surface area contributed by atoms with Crippen LogP contribution >= 0.6 is 11.6 Å². The van der Waals surface area contributed by atoms with Gasteiger partial charge in [-0.2, -0.15) is 0 Å². The standard InChI is InChI=1S/C6H7ClN2O.C5H11N.C2H6O/c1-3-4(7)2-5(9-3)6(8)10;1-2-4-6-5-3-1;1-2-3/h2,9H,1H3,(H2,8,10);6H,1-5H2;3H,2H2,1H3. The van der Waals surface area contributed by atoms with Crippen molar-refractivity contribution in [3.8, 4) is 0 Å². The summed E-state index contributed by atoms with van der Waals surface area (Å²) in [5, 5.41) is 11.4. The molecular weight excluding hydrogens is 266 g/mol. The van der Waals surface area contributed by atoms with Gasteiger partial charge in [-0.05, 0) is 45.8 Å². The molecule has 6 heteroatoms. The summed E-state index contributed by atoms with van der Waals surface area (Å²) in [5.41, 5.74) is 6.08. The van der Waals surface area contributed by atoms with Gasteiger partial charge in [0.05, 0.1) is 5.02 Å². The highest BCUT2D eigenvalue weighted by Gasteiger charge is 2.05. The zero-order chi connectivity index (χ0) is 14.7. The molecule has 1 fully saturated rings. The van der Waals surface area contributed by atoms with Crippen LogP contribution < -0.4 is 11.1 Å². The Bertz CT molecular complexity index is 332. The molecule has 2 rings (SSSR count). The smallest absolute Gasteiger partial charge is 0.265 e. The fraction of sp³-hybridized carbons (Fsp3) is 0.615. The number of nitrogens with two attached hydrogens (primary N) is 1. The molecule has 1 aliphatic rings. The number of halogens is 1. The maximum absolute atomic E-state index is 10.5. The van der Waals surface area contributed by atoms with E-state index in [-0.39, 0.29) is 6.61 Å². The molecule has 110 valence electrons. The summed E-state index contributed by atoms with van der Waals surface area (Å²) in [7, 11) is 0. The van der Waals surface area contributed by atoms with E-state index in [2.05, 4.69) is 10.3 Å². The van der Waals surface area contributed by atoms with Crippen molar-refractivity contribution in [2.75, 3.05) is 19.7 Å². The number of hydrogen-bond acceptors (Lipinski definition) is 3. The van der Waals surface area contributed by atoms with Gasteiger partial charge in [-0.25, -0.2) is 0 Å². The number of hydrogen-bond donors (Lipinski definition) is 4. The number of carbonyl (C=O) groups excluding carboxylic acids is 1. The van der Waals surface area contributed by atoms with Gasteiger partial charge in [0.1, 0.15) is 5.69 Å². The number of primary amides is 1. The van der Waals surface area contributed by atoms with Crippen molar-refractivity contribution < 1.29 is 9.90 Å². The summed E-state index contributed by atoms with van der Waals surface area (Å²) in [4.78, 5) is 13.2. The van der Waals surface area contributed by atoms with E-state index in [1.165, 1.54) is 38.4 Å². The molecule has 1 aromatic rings. The van der Waals surface area contributed by atoms with E-state index in [1.807, 2.05) is 0 Å². The Morgan fingerprint density at radius 2 is 1.95 bits per heavy atom. The van der Waals surface area contributed by atoms with E-state index < -0.39 is 5.91 Å². The molecule has 1 saturated heterocycles. The zero-order valence-electron chi connectivity index (χ0n) is 11.6. The second kappa shape index (κ2) is 10.8. The van der Waals surface area contributed by atoms with Gasteiger partial charge < -0.3 is 21.1 Å². The number of aryl methyl sites for hydroxylation is 1. The largest absolute Gasteiger partial charge is 0.397 e. The van der Waals surface area contributed by atoms with Crippen molar-refractivity contribution in [1.82, 2.24) is 10.3 Å².